The second-order valence-electron chi connectivity index (χ2n) is 4.21. The summed E-state index contributed by atoms with van der Waals surface area (Å²) in [6, 6.07) is 4.03. The predicted molar refractivity (Wildman–Crippen MR) is 85.5 cm³/mol. The van der Waals surface area contributed by atoms with E-state index in [2.05, 4.69) is 15.6 Å². The second kappa shape index (κ2) is 6.71. The van der Waals surface area contributed by atoms with Gasteiger partial charge in [-0.2, -0.15) is 0 Å². The summed E-state index contributed by atoms with van der Waals surface area (Å²) in [5.74, 6) is 0.119. The minimum atomic E-state index is -0.163. The Balaban J connectivity index is 2.11. The van der Waals surface area contributed by atoms with Gasteiger partial charge in [-0.25, -0.2) is 4.98 Å². The first-order valence-electron chi connectivity index (χ1n) is 6.50. The third kappa shape index (κ3) is 3.29. The van der Waals surface area contributed by atoms with Gasteiger partial charge in [-0.15, -0.1) is 11.3 Å². The highest BCUT2D eigenvalue weighted by Gasteiger charge is 2.20. The fraction of sp³-hybridized carbons (Fsp3) is 0.385. The smallest absolute Gasteiger partial charge is 0.265 e. The first kappa shape index (κ1) is 14.8. The number of rotatable bonds is 6. The zero-order chi connectivity index (χ0) is 14.5. The van der Waals surface area contributed by atoms with E-state index in [1.54, 1.807) is 11.3 Å². The van der Waals surface area contributed by atoms with Crippen LogP contribution in [-0.4, -0.2) is 17.4 Å². The number of aromatic nitrogens is 1. The summed E-state index contributed by atoms with van der Waals surface area (Å²) < 4.78 is 0. The third-order valence-electron chi connectivity index (χ3n) is 2.79. The summed E-state index contributed by atoms with van der Waals surface area (Å²) in [4.78, 5) is 18.1. The summed E-state index contributed by atoms with van der Waals surface area (Å²) in [5.41, 5.74) is 5.81. The Morgan fingerprint density at radius 2 is 2.30 bits per heavy atom. The molecule has 0 saturated heterocycles. The molecule has 0 bridgehead atoms. The van der Waals surface area contributed by atoms with Crippen molar-refractivity contribution in [1.82, 2.24) is 10.3 Å². The van der Waals surface area contributed by atoms with Gasteiger partial charge in [0.15, 0.2) is 5.13 Å². The molecule has 0 saturated carbocycles. The van der Waals surface area contributed by atoms with Crippen LogP contribution in [0.2, 0.25) is 0 Å². The molecule has 2 heterocycles. The molecule has 1 unspecified atom stereocenters. The number of thiophene rings is 1. The summed E-state index contributed by atoms with van der Waals surface area (Å²) in [6.45, 7) is 4.77. The molecular weight excluding hydrogens is 292 g/mol. The molecule has 0 aliphatic carbocycles. The van der Waals surface area contributed by atoms with Gasteiger partial charge in [-0.1, -0.05) is 24.3 Å². The number of hydrogen-bond donors (Lipinski definition) is 3. The zero-order valence-corrected chi connectivity index (χ0v) is 13.1. The standard InChI is InChI=1S/C13H18N4OS2/c1-3-8(9-6-5-7-19-9)16-12(18)10-11(14)17-13(20-10)15-4-2/h5-8H,3-4,14H2,1-2H3,(H,15,17)(H,16,18). The first-order valence-corrected chi connectivity index (χ1v) is 8.19. The van der Waals surface area contributed by atoms with E-state index >= 15 is 0 Å². The summed E-state index contributed by atoms with van der Waals surface area (Å²) in [5, 5.41) is 8.77. The molecule has 108 valence electrons. The first-order chi connectivity index (χ1) is 9.65. The van der Waals surface area contributed by atoms with Crippen LogP contribution < -0.4 is 16.4 Å². The molecule has 0 aliphatic heterocycles. The Hall–Kier alpha value is -1.60. The Bertz CT molecular complexity index is 565. The van der Waals surface area contributed by atoms with Crippen molar-refractivity contribution in [1.29, 1.82) is 0 Å². The van der Waals surface area contributed by atoms with Gasteiger partial charge >= 0.3 is 0 Å². The number of nitrogens with one attached hydrogen (secondary N) is 2. The van der Waals surface area contributed by atoms with Gasteiger partial charge in [0, 0.05) is 11.4 Å². The van der Waals surface area contributed by atoms with Crippen LogP contribution in [0.25, 0.3) is 0 Å². The number of anilines is 2. The number of nitrogens with zero attached hydrogens (tertiary/aromatic N) is 1. The predicted octanol–water partition coefficient (Wildman–Crippen LogP) is 3.10. The minimum absolute atomic E-state index is 0.0200. The van der Waals surface area contributed by atoms with Crippen molar-refractivity contribution < 1.29 is 4.79 Å². The summed E-state index contributed by atoms with van der Waals surface area (Å²) in [6.07, 6.45) is 0.838. The molecule has 1 amide bonds. The highest BCUT2D eigenvalue weighted by Crippen LogP contribution is 2.27. The molecule has 0 radical (unpaired) electrons. The Labute approximate surface area is 126 Å². The molecule has 0 spiro atoms. The van der Waals surface area contributed by atoms with E-state index in [1.165, 1.54) is 11.3 Å². The lowest BCUT2D eigenvalue weighted by Gasteiger charge is -2.14. The van der Waals surface area contributed by atoms with Crippen LogP contribution in [-0.2, 0) is 0 Å². The lowest BCUT2D eigenvalue weighted by atomic mass is 10.2. The number of carbonyl (C=O) groups excluding carboxylic acids is 1. The molecule has 7 heteroatoms. The highest BCUT2D eigenvalue weighted by atomic mass is 32.1. The molecule has 4 N–H and O–H groups in total. The van der Waals surface area contributed by atoms with Crippen LogP contribution in [0.15, 0.2) is 17.5 Å². The number of nitrogens with two attached hydrogens (primary N) is 1. The maximum atomic E-state index is 12.3. The quantitative estimate of drug-likeness (QED) is 0.766. The van der Waals surface area contributed by atoms with Crippen molar-refractivity contribution in [2.75, 3.05) is 17.6 Å². The molecule has 2 rings (SSSR count). The van der Waals surface area contributed by atoms with Gasteiger partial charge in [0.1, 0.15) is 10.7 Å². The van der Waals surface area contributed by atoms with Crippen molar-refractivity contribution in [3.8, 4) is 0 Å². The van der Waals surface area contributed by atoms with Gasteiger partial charge in [0.05, 0.1) is 6.04 Å². The van der Waals surface area contributed by atoms with E-state index in [0.29, 0.717) is 10.0 Å². The Morgan fingerprint density at radius 3 is 2.90 bits per heavy atom. The fourth-order valence-electron chi connectivity index (χ4n) is 1.81. The molecular formula is C13H18N4OS2. The van der Waals surface area contributed by atoms with Crippen molar-refractivity contribution in [2.24, 2.45) is 0 Å². The van der Waals surface area contributed by atoms with Crippen molar-refractivity contribution in [3.05, 3.63) is 27.3 Å². The number of carbonyl (C=O) groups is 1. The van der Waals surface area contributed by atoms with E-state index in [4.69, 9.17) is 5.73 Å². The van der Waals surface area contributed by atoms with E-state index in [-0.39, 0.29) is 17.8 Å². The van der Waals surface area contributed by atoms with Crippen molar-refractivity contribution in [3.63, 3.8) is 0 Å². The van der Waals surface area contributed by atoms with Gasteiger partial charge < -0.3 is 16.4 Å². The van der Waals surface area contributed by atoms with E-state index in [0.717, 1.165) is 17.8 Å². The van der Waals surface area contributed by atoms with Crippen LogP contribution in [0, 0.1) is 0 Å². The van der Waals surface area contributed by atoms with Crippen LogP contribution in [0.5, 0.6) is 0 Å². The number of amides is 1. The second-order valence-corrected chi connectivity index (χ2v) is 6.19. The van der Waals surface area contributed by atoms with Gasteiger partial charge in [0.2, 0.25) is 0 Å². The van der Waals surface area contributed by atoms with Gasteiger partial charge in [0.25, 0.3) is 5.91 Å². The van der Waals surface area contributed by atoms with E-state index < -0.39 is 0 Å². The minimum Gasteiger partial charge on any atom is -0.382 e. The molecule has 1 atom stereocenters. The highest BCUT2D eigenvalue weighted by molar-refractivity contribution is 7.18. The third-order valence-corrected chi connectivity index (χ3v) is 4.80. The molecule has 2 aromatic heterocycles. The Kier molecular flexibility index (Phi) is 4.97. The maximum Gasteiger partial charge on any atom is 0.265 e. The maximum absolute atomic E-state index is 12.3. The van der Waals surface area contributed by atoms with Crippen LogP contribution in [0.3, 0.4) is 0 Å². The lowest BCUT2D eigenvalue weighted by Crippen LogP contribution is -2.27. The molecule has 0 aliphatic rings. The van der Waals surface area contributed by atoms with E-state index in [9.17, 15) is 4.79 Å². The van der Waals surface area contributed by atoms with Crippen LogP contribution in [0.1, 0.15) is 40.9 Å². The SMILES string of the molecule is CCNc1nc(N)c(C(=O)NC(CC)c2cccs2)s1. The molecule has 0 fully saturated rings. The topological polar surface area (TPSA) is 80.0 Å². The normalized spacial score (nSPS) is 12.1. The number of nitrogen functional groups attached to an aromatic ring is 1. The number of hydrogen-bond acceptors (Lipinski definition) is 6. The fourth-order valence-corrected chi connectivity index (χ4v) is 3.53. The lowest BCUT2D eigenvalue weighted by molar-refractivity contribution is 0.0941. The number of thiazole rings is 1. The molecule has 20 heavy (non-hydrogen) atoms. The van der Waals surface area contributed by atoms with Gasteiger partial charge in [-0.3, -0.25) is 4.79 Å². The van der Waals surface area contributed by atoms with Gasteiger partial charge in [-0.05, 0) is 24.8 Å². The van der Waals surface area contributed by atoms with Crippen molar-refractivity contribution >= 4 is 39.5 Å². The Morgan fingerprint density at radius 1 is 1.50 bits per heavy atom. The zero-order valence-electron chi connectivity index (χ0n) is 11.5. The van der Waals surface area contributed by atoms with E-state index in [1.807, 2.05) is 31.4 Å². The van der Waals surface area contributed by atoms with Crippen molar-refractivity contribution in [2.45, 2.75) is 26.3 Å². The molecule has 5 nitrogen and oxygen atoms in total. The summed E-state index contributed by atoms with van der Waals surface area (Å²) >= 11 is 2.93. The summed E-state index contributed by atoms with van der Waals surface area (Å²) in [7, 11) is 0. The largest absolute Gasteiger partial charge is 0.382 e. The average molecular weight is 310 g/mol. The average Bonchev–Trinajstić information content (AvgIpc) is 3.06. The van der Waals surface area contributed by atoms with Crippen LogP contribution >= 0.6 is 22.7 Å². The monoisotopic (exact) mass is 310 g/mol. The van der Waals surface area contributed by atoms with Crippen LogP contribution in [0.4, 0.5) is 10.9 Å². The molecule has 2 aromatic rings. The molecule has 0 aromatic carbocycles.